The van der Waals surface area contributed by atoms with Gasteiger partial charge in [-0.05, 0) is 30.2 Å². The number of halogens is 1. The van der Waals surface area contributed by atoms with Crippen LogP contribution in [0, 0.1) is 0 Å². The highest BCUT2D eigenvalue weighted by atomic mass is 79.9. The van der Waals surface area contributed by atoms with E-state index in [0.717, 1.165) is 28.8 Å². The molecular formula is C14H16BrN3O2. The van der Waals surface area contributed by atoms with Gasteiger partial charge in [-0.1, -0.05) is 15.9 Å². The lowest BCUT2D eigenvalue weighted by molar-refractivity contribution is 0.354. The summed E-state index contributed by atoms with van der Waals surface area (Å²) in [6, 6.07) is 5.67. The maximum Gasteiger partial charge on any atom is 0.222 e. The molecule has 0 amide bonds. The van der Waals surface area contributed by atoms with Gasteiger partial charge in [0.1, 0.15) is 0 Å². The van der Waals surface area contributed by atoms with Crippen molar-refractivity contribution in [3.8, 4) is 11.5 Å². The molecule has 0 aliphatic heterocycles. The second kappa shape index (κ2) is 7.09. The zero-order valence-electron chi connectivity index (χ0n) is 11.4. The smallest absolute Gasteiger partial charge is 0.222 e. The number of ether oxygens (including phenoxy) is 2. The van der Waals surface area contributed by atoms with Crippen molar-refractivity contribution in [2.24, 2.45) is 0 Å². The minimum Gasteiger partial charge on any atom is -0.493 e. The number of hydrogen-bond donors (Lipinski definition) is 1. The first-order valence-corrected chi connectivity index (χ1v) is 6.95. The standard InChI is InChI=1S/C14H16BrN3O2/c1-19-12-8-10(11(15)9-13(12)20-2)4-7-18-14-16-5-3-6-17-14/h3,5-6,8-9H,4,7H2,1-2H3,(H,16,17,18). The van der Waals surface area contributed by atoms with Crippen molar-refractivity contribution in [1.29, 1.82) is 0 Å². The molecule has 0 saturated heterocycles. The summed E-state index contributed by atoms with van der Waals surface area (Å²) in [5, 5.41) is 3.17. The third-order valence-electron chi connectivity index (χ3n) is 2.80. The van der Waals surface area contributed by atoms with Crippen LogP contribution in [0.15, 0.2) is 35.1 Å². The largest absolute Gasteiger partial charge is 0.493 e. The summed E-state index contributed by atoms with van der Waals surface area (Å²) in [7, 11) is 3.25. The van der Waals surface area contributed by atoms with Gasteiger partial charge in [-0.15, -0.1) is 0 Å². The van der Waals surface area contributed by atoms with E-state index in [2.05, 4.69) is 31.2 Å². The van der Waals surface area contributed by atoms with E-state index in [1.807, 2.05) is 12.1 Å². The van der Waals surface area contributed by atoms with Gasteiger partial charge in [0.2, 0.25) is 5.95 Å². The van der Waals surface area contributed by atoms with Crippen LogP contribution in [0.4, 0.5) is 5.95 Å². The van der Waals surface area contributed by atoms with Gasteiger partial charge < -0.3 is 14.8 Å². The number of nitrogens with one attached hydrogen (secondary N) is 1. The van der Waals surface area contributed by atoms with Crippen molar-refractivity contribution in [3.63, 3.8) is 0 Å². The molecule has 5 nitrogen and oxygen atoms in total. The summed E-state index contributed by atoms with van der Waals surface area (Å²) < 4.78 is 11.6. The Morgan fingerprint density at radius 1 is 1.10 bits per heavy atom. The second-order valence-electron chi connectivity index (χ2n) is 4.05. The highest BCUT2D eigenvalue weighted by Gasteiger charge is 2.09. The van der Waals surface area contributed by atoms with Gasteiger partial charge in [-0.3, -0.25) is 0 Å². The predicted molar refractivity (Wildman–Crippen MR) is 81.5 cm³/mol. The lowest BCUT2D eigenvalue weighted by Crippen LogP contribution is -2.08. The summed E-state index contributed by atoms with van der Waals surface area (Å²) >= 11 is 3.54. The van der Waals surface area contributed by atoms with E-state index in [4.69, 9.17) is 9.47 Å². The van der Waals surface area contributed by atoms with E-state index < -0.39 is 0 Å². The van der Waals surface area contributed by atoms with Crippen molar-refractivity contribution in [1.82, 2.24) is 9.97 Å². The van der Waals surface area contributed by atoms with E-state index in [1.165, 1.54) is 0 Å². The molecule has 1 aromatic carbocycles. The predicted octanol–water partition coefficient (Wildman–Crippen LogP) is 2.91. The third kappa shape index (κ3) is 3.60. The minimum atomic E-state index is 0.629. The number of anilines is 1. The van der Waals surface area contributed by atoms with Gasteiger partial charge in [0.25, 0.3) is 0 Å². The Morgan fingerprint density at radius 2 is 1.75 bits per heavy atom. The summed E-state index contributed by atoms with van der Waals surface area (Å²) in [5.41, 5.74) is 1.13. The van der Waals surface area contributed by atoms with Crippen LogP contribution in [0.1, 0.15) is 5.56 Å². The van der Waals surface area contributed by atoms with Crippen molar-refractivity contribution in [2.45, 2.75) is 6.42 Å². The topological polar surface area (TPSA) is 56.3 Å². The van der Waals surface area contributed by atoms with Gasteiger partial charge in [0, 0.05) is 23.4 Å². The molecule has 2 aromatic rings. The van der Waals surface area contributed by atoms with Gasteiger partial charge in [0.05, 0.1) is 14.2 Å². The number of benzene rings is 1. The van der Waals surface area contributed by atoms with Crippen molar-refractivity contribution in [3.05, 3.63) is 40.6 Å². The zero-order chi connectivity index (χ0) is 14.4. The van der Waals surface area contributed by atoms with E-state index in [-0.39, 0.29) is 0 Å². The van der Waals surface area contributed by atoms with E-state index >= 15 is 0 Å². The quantitative estimate of drug-likeness (QED) is 0.878. The normalized spacial score (nSPS) is 10.2. The summed E-state index contributed by atoms with van der Waals surface area (Å²) in [5.74, 6) is 2.06. The molecule has 6 heteroatoms. The zero-order valence-corrected chi connectivity index (χ0v) is 13.0. The molecule has 0 aliphatic rings. The molecular weight excluding hydrogens is 322 g/mol. The Kier molecular flexibility index (Phi) is 5.17. The lowest BCUT2D eigenvalue weighted by Gasteiger charge is -2.12. The highest BCUT2D eigenvalue weighted by Crippen LogP contribution is 2.33. The molecule has 1 heterocycles. The molecule has 1 N–H and O–H groups in total. The SMILES string of the molecule is COc1cc(Br)c(CCNc2ncccn2)cc1OC. The monoisotopic (exact) mass is 337 g/mol. The van der Waals surface area contributed by atoms with Crippen LogP contribution in [0.25, 0.3) is 0 Å². The molecule has 0 atom stereocenters. The van der Waals surface area contributed by atoms with Crippen LogP contribution in [-0.2, 0) is 6.42 Å². The van der Waals surface area contributed by atoms with Crippen LogP contribution in [0.2, 0.25) is 0 Å². The molecule has 0 radical (unpaired) electrons. The Balaban J connectivity index is 2.02. The Hall–Kier alpha value is -1.82. The van der Waals surface area contributed by atoms with Crippen LogP contribution in [-0.4, -0.2) is 30.7 Å². The van der Waals surface area contributed by atoms with Crippen molar-refractivity contribution in [2.75, 3.05) is 26.1 Å². The molecule has 0 unspecified atom stereocenters. The van der Waals surface area contributed by atoms with Gasteiger partial charge in [-0.25, -0.2) is 9.97 Å². The summed E-state index contributed by atoms with van der Waals surface area (Å²) in [4.78, 5) is 8.23. The first-order valence-electron chi connectivity index (χ1n) is 6.16. The van der Waals surface area contributed by atoms with Gasteiger partial charge in [0.15, 0.2) is 11.5 Å². The van der Waals surface area contributed by atoms with Crippen LogP contribution >= 0.6 is 15.9 Å². The highest BCUT2D eigenvalue weighted by molar-refractivity contribution is 9.10. The van der Waals surface area contributed by atoms with E-state index in [0.29, 0.717) is 11.7 Å². The maximum atomic E-state index is 5.31. The fraction of sp³-hybridized carbons (Fsp3) is 0.286. The Labute approximate surface area is 126 Å². The molecule has 106 valence electrons. The average molecular weight is 338 g/mol. The van der Waals surface area contributed by atoms with Crippen LogP contribution in [0.5, 0.6) is 11.5 Å². The minimum absolute atomic E-state index is 0.629. The maximum absolute atomic E-state index is 5.31. The number of rotatable bonds is 6. The average Bonchev–Trinajstić information content (AvgIpc) is 2.49. The van der Waals surface area contributed by atoms with E-state index in [1.54, 1.807) is 32.7 Å². The number of methoxy groups -OCH3 is 2. The third-order valence-corrected chi connectivity index (χ3v) is 3.53. The second-order valence-corrected chi connectivity index (χ2v) is 4.90. The molecule has 20 heavy (non-hydrogen) atoms. The Bertz CT molecular complexity index is 564. The first kappa shape index (κ1) is 14.6. The Morgan fingerprint density at radius 3 is 2.40 bits per heavy atom. The number of aromatic nitrogens is 2. The fourth-order valence-corrected chi connectivity index (χ4v) is 2.31. The molecule has 0 fully saturated rings. The lowest BCUT2D eigenvalue weighted by atomic mass is 10.1. The molecule has 0 bridgehead atoms. The molecule has 0 aliphatic carbocycles. The molecule has 0 saturated carbocycles. The van der Waals surface area contributed by atoms with E-state index in [9.17, 15) is 0 Å². The van der Waals surface area contributed by atoms with Crippen LogP contribution in [0.3, 0.4) is 0 Å². The van der Waals surface area contributed by atoms with Crippen LogP contribution < -0.4 is 14.8 Å². The van der Waals surface area contributed by atoms with Gasteiger partial charge >= 0.3 is 0 Å². The summed E-state index contributed by atoms with van der Waals surface area (Å²) in [6.07, 6.45) is 4.24. The molecule has 0 spiro atoms. The summed E-state index contributed by atoms with van der Waals surface area (Å²) in [6.45, 7) is 0.734. The number of nitrogens with zero attached hydrogens (tertiary/aromatic N) is 2. The van der Waals surface area contributed by atoms with Crippen molar-refractivity contribution >= 4 is 21.9 Å². The molecule has 2 rings (SSSR count). The molecule has 1 aromatic heterocycles. The fourth-order valence-electron chi connectivity index (χ4n) is 1.79. The van der Waals surface area contributed by atoms with Gasteiger partial charge in [-0.2, -0.15) is 0 Å². The number of hydrogen-bond acceptors (Lipinski definition) is 5. The first-order chi connectivity index (χ1) is 9.74. The van der Waals surface area contributed by atoms with Crippen molar-refractivity contribution < 1.29 is 9.47 Å².